The van der Waals surface area contributed by atoms with Crippen molar-refractivity contribution < 1.29 is 19.9 Å². The maximum absolute atomic E-state index is 10.5. The first-order valence-electron chi connectivity index (χ1n) is 4.61. The highest BCUT2D eigenvalue weighted by molar-refractivity contribution is 5.68. The minimum absolute atomic E-state index is 0.109. The average molecular weight is 225 g/mol. The topological polar surface area (TPSA) is 101 Å². The summed E-state index contributed by atoms with van der Waals surface area (Å²) in [6.07, 6.45) is -0.109. The number of nitro groups is 1. The van der Waals surface area contributed by atoms with E-state index in [1.807, 2.05) is 0 Å². The Hall–Kier alpha value is -2.11. The van der Waals surface area contributed by atoms with E-state index in [1.165, 1.54) is 18.2 Å². The molecule has 0 amide bonds. The second-order valence-corrected chi connectivity index (χ2v) is 3.50. The van der Waals surface area contributed by atoms with Crippen LogP contribution in [0, 0.1) is 10.1 Å². The number of nitrogens with zero attached hydrogens (tertiary/aromatic N) is 1. The quantitative estimate of drug-likeness (QED) is 0.601. The molecule has 16 heavy (non-hydrogen) atoms. The lowest BCUT2D eigenvalue weighted by Gasteiger charge is -2.08. The number of carboxylic acids is 1. The summed E-state index contributed by atoms with van der Waals surface area (Å²) < 4.78 is 0. The second kappa shape index (κ2) is 4.61. The van der Waals surface area contributed by atoms with Gasteiger partial charge in [0.05, 0.1) is 11.3 Å². The third kappa shape index (κ3) is 2.69. The van der Waals surface area contributed by atoms with Crippen molar-refractivity contribution in [2.24, 2.45) is 0 Å². The molecule has 0 spiro atoms. The minimum Gasteiger partial charge on any atom is -0.502 e. The highest BCUT2D eigenvalue weighted by Crippen LogP contribution is 2.30. The van der Waals surface area contributed by atoms with Crippen LogP contribution in [0.1, 0.15) is 24.8 Å². The predicted molar refractivity (Wildman–Crippen MR) is 55.4 cm³/mol. The van der Waals surface area contributed by atoms with E-state index >= 15 is 0 Å². The van der Waals surface area contributed by atoms with Gasteiger partial charge in [0.1, 0.15) is 0 Å². The zero-order chi connectivity index (χ0) is 12.3. The van der Waals surface area contributed by atoms with Gasteiger partial charge in [-0.1, -0.05) is 13.0 Å². The van der Waals surface area contributed by atoms with Crippen LogP contribution in [0.25, 0.3) is 0 Å². The molecule has 0 heterocycles. The van der Waals surface area contributed by atoms with Crippen LogP contribution in [-0.4, -0.2) is 21.1 Å². The molecule has 0 aromatic heterocycles. The number of phenols is 1. The Balaban J connectivity index is 3.02. The van der Waals surface area contributed by atoms with Gasteiger partial charge in [-0.25, -0.2) is 0 Å². The highest BCUT2D eigenvalue weighted by atomic mass is 16.6. The summed E-state index contributed by atoms with van der Waals surface area (Å²) in [7, 11) is 0. The molecule has 1 aromatic rings. The first-order chi connectivity index (χ1) is 7.41. The van der Waals surface area contributed by atoms with Gasteiger partial charge in [0.2, 0.25) is 0 Å². The standard InChI is InChI=1S/C10H11NO5/c1-6(4-10(13)14)7-2-3-9(12)8(5-7)11(15)16/h2-3,5-6,12H,4H2,1H3,(H,13,14). The van der Waals surface area contributed by atoms with Crippen molar-refractivity contribution >= 4 is 11.7 Å². The first-order valence-corrected chi connectivity index (χ1v) is 4.61. The fourth-order valence-electron chi connectivity index (χ4n) is 1.37. The highest BCUT2D eigenvalue weighted by Gasteiger charge is 2.17. The molecule has 0 aliphatic carbocycles. The molecular formula is C10H11NO5. The van der Waals surface area contributed by atoms with E-state index in [1.54, 1.807) is 6.92 Å². The summed E-state index contributed by atoms with van der Waals surface area (Å²) in [5.41, 5.74) is 0.113. The Morgan fingerprint density at radius 1 is 1.56 bits per heavy atom. The van der Waals surface area contributed by atoms with E-state index in [0.29, 0.717) is 5.56 Å². The molecule has 1 aromatic carbocycles. The number of phenolic OH excluding ortho intramolecular Hbond substituents is 1. The lowest BCUT2D eigenvalue weighted by molar-refractivity contribution is -0.385. The number of aliphatic carboxylic acids is 1. The Labute approximate surface area is 91.3 Å². The number of benzene rings is 1. The summed E-state index contributed by atoms with van der Waals surface area (Å²) in [4.78, 5) is 20.3. The van der Waals surface area contributed by atoms with Crippen LogP contribution in [0.3, 0.4) is 0 Å². The fourth-order valence-corrected chi connectivity index (χ4v) is 1.37. The van der Waals surface area contributed by atoms with Crippen LogP contribution in [0.4, 0.5) is 5.69 Å². The predicted octanol–water partition coefficient (Wildman–Crippen LogP) is 1.88. The molecular weight excluding hydrogens is 214 g/mol. The molecule has 1 rings (SSSR count). The van der Waals surface area contributed by atoms with Gasteiger partial charge < -0.3 is 10.2 Å². The van der Waals surface area contributed by atoms with Gasteiger partial charge in [-0.2, -0.15) is 0 Å². The normalized spacial score (nSPS) is 12.1. The van der Waals surface area contributed by atoms with Crippen LogP contribution in [0.2, 0.25) is 0 Å². The van der Waals surface area contributed by atoms with Crippen LogP contribution in [-0.2, 0) is 4.79 Å². The average Bonchev–Trinajstić information content (AvgIpc) is 2.16. The molecule has 0 saturated heterocycles. The van der Waals surface area contributed by atoms with Crippen molar-refractivity contribution in [2.45, 2.75) is 19.3 Å². The number of hydrogen-bond donors (Lipinski definition) is 2. The van der Waals surface area contributed by atoms with Gasteiger partial charge in [0.25, 0.3) is 0 Å². The Kier molecular flexibility index (Phi) is 3.44. The van der Waals surface area contributed by atoms with Crippen molar-refractivity contribution in [3.63, 3.8) is 0 Å². The monoisotopic (exact) mass is 225 g/mol. The zero-order valence-corrected chi connectivity index (χ0v) is 8.58. The Bertz CT molecular complexity index is 429. The van der Waals surface area contributed by atoms with Crippen molar-refractivity contribution in [3.05, 3.63) is 33.9 Å². The molecule has 0 radical (unpaired) electrons. The van der Waals surface area contributed by atoms with E-state index < -0.39 is 22.3 Å². The number of rotatable bonds is 4. The Morgan fingerprint density at radius 3 is 2.69 bits per heavy atom. The van der Waals surface area contributed by atoms with E-state index in [0.717, 1.165) is 0 Å². The van der Waals surface area contributed by atoms with Gasteiger partial charge in [-0.05, 0) is 17.5 Å². The number of hydrogen-bond acceptors (Lipinski definition) is 4. The zero-order valence-electron chi connectivity index (χ0n) is 8.58. The summed E-state index contributed by atoms with van der Waals surface area (Å²) in [5, 5.41) is 28.4. The molecule has 86 valence electrons. The number of aromatic hydroxyl groups is 1. The first kappa shape index (κ1) is 12.0. The van der Waals surface area contributed by atoms with Crippen molar-refractivity contribution in [1.29, 1.82) is 0 Å². The number of carbonyl (C=O) groups is 1. The summed E-state index contributed by atoms with van der Waals surface area (Å²) in [6.45, 7) is 1.66. The minimum atomic E-state index is -0.969. The maximum Gasteiger partial charge on any atom is 0.310 e. The van der Waals surface area contributed by atoms with Gasteiger partial charge in [-0.3, -0.25) is 14.9 Å². The number of carboxylic acid groups (broad SMARTS) is 1. The summed E-state index contributed by atoms with van der Waals surface area (Å²) in [6, 6.07) is 3.88. The van der Waals surface area contributed by atoms with Crippen molar-refractivity contribution in [1.82, 2.24) is 0 Å². The fraction of sp³-hybridized carbons (Fsp3) is 0.300. The third-order valence-electron chi connectivity index (χ3n) is 2.25. The molecule has 2 N–H and O–H groups in total. The molecule has 1 atom stereocenters. The number of nitro benzene ring substituents is 1. The van der Waals surface area contributed by atoms with Gasteiger partial charge in [0, 0.05) is 6.07 Å². The SMILES string of the molecule is CC(CC(=O)O)c1ccc(O)c([N+](=O)[O-])c1. The van der Waals surface area contributed by atoms with E-state index in [-0.39, 0.29) is 12.3 Å². The van der Waals surface area contributed by atoms with Crippen LogP contribution >= 0.6 is 0 Å². The molecule has 0 fully saturated rings. The lowest BCUT2D eigenvalue weighted by atomic mass is 9.97. The third-order valence-corrected chi connectivity index (χ3v) is 2.25. The summed E-state index contributed by atoms with van der Waals surface area (Å²) >= 11 is 0. The molecule has 0 aliphatic rings. The second-order valence-electron chi connectivity index (χ2n) is 3.50. The van der Waals surface area contributed by atoms with E-state index in [2.05, 4.69) is 0 Å². The molecule has 1 unspecified atom stereocenters. The maximum atomic E-state index is 10.5. The molecule has 0 saturated carbocycles. The van der Waals surface area contributed by atoms with Gasteiger partial charge >= 0.3 is 11.7 Å². The largest absolute Gasteiger partial charge is 0.502 e. The van der Waals surface area contributed by atoms with E-state index in [4.69, 9.17) is 5.11 Å². The smallest absolute Gasteiger partial charge is 0.310 e. The van der Waals surface area contributed by atoms with Gasteiger partial charge in [0.15, 0.2) is 5.75 Å². The Morgan fingerprint density at radius 2 is 2.19 bits per heavy atom. The molecule has 6 nitrogen and oxygen atoms in total. The van der Waals surface area contributed by atoms with Gasteiger partial charge in [-0.15, -0.1) is 0 Å². The van der Waals surface area contributed by atoms with Crippen LogP contribution in [0.5, 0.6) is 5.75 Å². The molecule has 6 heteroatoms. The van der Waals surface area contributed by atoms with Crippen molar-refractivity contribution in [2.75, 3.05) is 0 Å². The molecule has 0 aliphatic heterocycles. The van der Waals surface area contributed by atoms with Crippen molar-refractivity contribution in [3.8, 4) is 5.75 Å². The molecule has 0 bridgehead atoms. The summed E-state index contributed by atoms with van der Waals surface area (Å²) in [5.74, 6) is -1.73. The lowest BCUT2D eigenvalue weighted by Crippen LogP contribution is -2.03. The van der Waals surface area contributed by atoms with Crippen LogP contribution in [0.15, 0.2) is 18.2 Å². The van der Waals surface area contributed by atoms with E-state index in [9.17, 15) is 20.0 Å². The van der Waals surface area contributed by atoms with Crippen LogP contribution < -0.4 is 0 Å².